The molecule has 2 N–H and O–H groups in total. The lowest BCUT2D eigenvalue weighted by atomic mass is 9.87. The van der Waals surface area contributed by atoms with Gasteiger partial charge in [-0.1, -0.05) is 13.8 Å². The predicted molar refractivity (Wildman–Crippen MR) is 86.4 cm³/mol. The highest BCUT2D eigenvalue weighted by Gasteiger charge is 2.46. The van der Waals surface area contributed by atoms with Crippen LogP contribution in [0.2, 0.25) is 6.04 Å². The van der Waals surface area contributed by atoms with Gasteiger partial charge in [-0.15, -0.1) is 0 Å². The van der Waals surface area contributed by atoms with Crippen molar-refractivity contribution in [1.82, 2.24) is 4.90 Å². The van der Waals surface area contributed by atoms with Crippen LogP contribution in [0, 0.1) is 0 Å². The maximum atomic E-state index is 11.9. The highest BCUT2D eigenvalue weighted by atomic mass is 28.4. The first-order valence-electron chi connectivity index (χ1n) is 7.63. The van der Waals surface area contributed by atoms with E-state index in [-0.39, 0.29) is 6.42 Å². The minimum Gasteiger partial charge on any atom is -0.481 e. The number of carboxylic acid groups (broad SMARTS) is 2. The topological polar surface area (TPSA) is 106 Å². The average molecular weight is 351 g/mol. The van der Waals surface area contributed by atoms with Gasteiger partial charge in [-0.2, -0.15) is 0 Å². The number of hydrogen-bond acceptors (Lipinski definition) is 6. The van der Waals surface area contributed by atoms with Gasteiger partial charge in [0.05, 0.1) is 6.42 Å². The number of likely N-dealkylation sites (N-methyl/N-ethyl adjacent to an activating group) is 1. The van der Waals surface area contributed by atoms with E-state index < -0.39 is 32.7 Å². The molecule has 8 nitrogen and oxygen atoms in total. The Hall–Kier alpha value is -1.00. The molecule has 0 spiro atoms. The molecule has 0 fully saturated rings. The molecule has 136 valence electrons. The molecule has 0 aromatic rings. The fourth-order valence-electron chi connectivity index (χ4n) is 2.91. The summed E-state index contributed by atoms with van der Waals surface area (Å²) in [4.78, 5) is 24.8. The van der Waals surface area contributed by atoms with Crippen LogP contribution < -0.4 is 0 Å². The van der Waals surface area contributed by atoms with Crippen LogP contribution in [0.25, 0.3) is 0 Å². The lowest BCUT2D eigenvalue weighted by Crippen LogP contribution is -2.56. The zero-order chi connectivity index (χ0) is 18.1. The maximum absolute atomic E-state index is 11.9. The Balaban J connectivity index is 5.30. The minimum absolute atomic E-state index is 0.182. The highest BCUT2D eigenvalue weighted by molar-refractivity contribution is 6.60. The average Bonchev–Trinajstić information content (AvgIpc) is 2.52. The number of carbonyl (C=O) groups is 2. The van der Waals surface area contributed by atoms with Gasteiger partial charge in [0.25, 0.3) is 0 Å². The molecule has 0 heterocycles. The molecular weight excluding hydrogens is 322 g/mol. The van der Waals surface area contributed by atoms with Gasteiger partial charge in [-0.3, -0.25) is 14.5 Å². The third kappa shape index (κ3) is 5.54. The molecule has 23 heavy (non-hydrogen) atoms. The molecular formula is C14H29NO7Si. The van der Waals surface area contributed by atoms with Crippen molar-refractivity contribution >= 4 is 20.7 Å². The summed E-state index contributed by atoms with van der Waals surface area (Å²) in [7, 11) is 1.67. The number of aliphatic carboxylic acids is 2. The summed E-state index contributed by atoms with van der Waals surface area (Å²) in [5.41, 5.74) is -1.44. The molecule has 0 aromatic carbocycles. The van der Waals surface area contributed by atoms with Crippen molar-refractivity contribution in [3.8, 4) is 0 Å². The van der Waals surface area contributed by atoms with Gasteiger partial charge in [0.1, 0.15) is 5.54 Å². The molecule has 0 saturated heterocycles. The van der Waals surface area contributed by atoms with Crippen LogP contribution in [0.5, 0.6) is 0 Å². The standard InChI is InChI=1S/C14H29NO7Si/c1-6-15(7-2)14(13(18)19,11-12(16)17)9-8-10-23(20-3,21-4)22-5/h6-11H2,1-5H3,(H,16,17)(H,18,19). The summed E-state index contributed by atoms with van der Waals surface area (Å²) in [6, 6.07) is 0.423. The molecule has 0 bridgehead atoms. The summed E-state index contributed by atoms with van der Waals surface area (Å²) in [6.45, 7) is 4.55. The summed E-state index contributed by atoms with van der Waals surface area (Å²) in [5.74, 6) is -2.25. The SMILES string of the molecule is CCN(CC)C(CCC[Si](OC)(OC)OC)(CC(=O)O)C(=O)O. The van der Waals surface area contributed by atoms with Crippen molar-refractivity contribution in [3.63, 3.8) is 0 Å². The van der Waals surface area contributed by atoms with Crippen LogP contribution in [0.1, 0.15) is 33.1 Å². The Bertz CT molecular complexity index is 377. The van der Waals surface area contributed by atoms with Crippen molar-refractivity contribution in [2.45, 2.75) is 44.7 Å². The van der Waals surface area contributed by atoms with Gasteiger partial charge >= 0.3 is 20.7 Å². The van der Waals surface area contributed by atoms with Crippen LogP contribution in [-0.4, -0.2) is 75.8 Å². The van der Waals surface area contributed by atoms with Crippen LogP contribution in [0.4, 0.5) is 0 Å². The van der Waals surface area contributed by atoms with Crippen LogP contribution >= 0.6 is 0 Å². The van der Waals surface area contributed by atoms with Gasteiger partial charge in [-0.25, -0.2) is 0 Å². The third-order valence-electron chi connectivity index (χ3n) is 4.22. The molecule has 0 saturated carbocycles. The molecule has 0 rings (SSSR count). The smallest absolute Gasteiger partial charge is 0.481 e. The van der Waals surface area contributed by atoms with Crippen molar-refractivity contribution in [1.29, 1.82) is 0 Å². The van der Waals surface area contributed by atoms with Gasteiger partial charge in [0, 0.05) is 27.4 Å². The Kier molecular flexibility index (Phi) is 9.55. The molecule has 1 unspecified atom stereocenters. The Labute approximate surface area is 138 Å². The van der Waals surface area contributed by atoms with Crippen molar-refractivity contribution < 1.29 is 33.1 Å². The fraction of sp³-hybridized carbons (Fsp3) is 0.857. The molecule has 0 radical (unpaired) electrons. The first-order valence-corrected chi connectivity index (χ1v) is 9.56. The molecule has 0 aliphatic carbocycles. The summed E-state index contributed by atoms with van der Waals surface area (Å²) >= 11 is 0. The quantitative estimate of drug-likeness (QED) is 0.478. The number of rotatable bonds is 13. The molecule has 1 atom stereocenters. The summed E-state index contributed by atoms with van der Waals surface area (Å²) in [6.07, 6.45) is 0.157. The van der Waals surface area contributed by atoms with E-state index in [9.17, 15) is 19.8 Å². The van der Waals surface area contributed by atoms with Gasteiger partial charge in [-0.05, 0) is 25.9 Å². The largest absolute Gasteiger partial charge is 0.500 e. The number of carboxylic acids is 2. The Morgan fingerprint density at radius 3 is 1.83 bits per heavy atom. The molecule has 0 aromatic heterocycles. The minimum atomic E-state index is -2.81. The van der Waals surface area contributed by atoms with Gasteiger partial charge in [0.2, 0.25) is 0 Å². The second-order valence-electron chi connectivity index (χ2n) is 5.23. The van der Waals surface area contributed by atoms with E-state index in [0.29, 0.717) is 25.6 Å². The molecule has 0 amide bonds. The van der Waals surface area contributed by atoms with Crippen LogP contribution in [-0.2, 0) is 22.9 Å². The van der Waals surface area contributed by atoms with Crippen LogP contribution in [0.15, 0.2) is 0 Å². The molecule has 0 aliphatic heterocycles. The van der Waals surface area contributed by atoms with E-state index in [0.717, 1.165) is 0 Å². The molecule has 0 aliphatic rings. The van der Waals surface area contributed by atoms with E-state index in [2.05, 4.69) is 0 Å². The lowest BCUT2D eigenvalue weighted by molar-refractivity contribution is -0.159. The zero-order valence-electron chi connectivity index (χ0n) is 14.6. The number of hydrogen-bond donors (Lipinski definition) is 2. The van der Waals surface area contributed by atoms with Crippen molar-refractivity contribution in [2.75, 3.05) is 34.4 Å². The van der Waals surface area contributed by atoms with Gasteiger partial charge in [0.15, 0.2) is 0 Å². The Morgan fingerprint density at radius 1 is 1.04 bits per heavy atom. The van der Waals surface area contributed by atoms with Crippen LogP contribution in [0.3, 0.4) is 0 Å². The maximum Gasteiger partial charge on any atom is 0.500 e. The van der Waals surface area contributed by atoms with E-state index in [1.807, 2.05) is 13.8 Å². The van der Waals surface area contributed by atoms with E-state index in [1.54, 1.807) is 4.90 Å². The third-order valence-corrected chi connectivity index (χ3v) is 7.05. The number of nitrogens with zero attached hydrogens (tertiary/aromatic N) is 1. The van der Waals surface area contributed by atoms with E-state index in [1.165, 1.54) is 21.3 Å². The van der Waals surface area contributed by atoms with Gasteiger partial charge < -0.3 is 23.5 Å². The second kappa shape index (κ2) is 9.99. The monoisotopic (exact) mass is 351 g/mol. The summed E-state index contributed by atoms with van der Waals surface area (Å²) in [5, 5.41) is 18.9. The van der Waals surface area contributed by atoms with E-state index in [4.69, 9.17) is 13.3 Å². The molecule has 9 heteroatoms. The first kappa shape index (κ1) is 22.0. The van der Waals surface area contributed by atoms with E-state index >= 15 is 0 Å². The normalized spacial score (nSPS) is 14.7. The first-order chi connectivity index (χ1) is 10.8. The Morgan fingerprint density at radius 2 is 1.52 bits per heavy atom. The van der Waals surface area contributed by atoms with Crippen molar-refractivity contribution in [3.05, 3.63) is 0 Å². The zero-order valence-corrected chi connectivity index (χ0v) is 15.6. The van der Waals surface area contributed by atoms with Crippen molar-refractivity contribution in [2.24, 2.45) is 0 Å². The lowest BCUT2D eigenvalue weighted by Gasteiger charge is -2.39. The summed E-state index contributed by atoms with van der Waals surface area (Å²) < 4.78 is 16.0. The second-order valence-corrected chi connectivity index (χ2v) is 8.32. The fourth-order valence-corrected chi connectivity index (χ4v) is 4.63. The highest BCUT2D eigenvalue weighted by Crippen LogP contribution is 2.29. The predicted octanol–water partition coefficient (Wildman–Crippen LogP) is 1.28.